The second kappa shape index (κ2) is 9.85. The lowest BCUT2D eigenvalue weighted by molar-refractivity contribution is -0.138. The fourth-order valence-electron chi connectivity index (χ4n) is 0.819. The number of Topliss-reactive ketones (excluding diaryl/α,β-unsaturated/α-hetero) is 1. The average Bonchev–Trinajstić information content (AvgIpc) is 2.20. The molecule has 1 atom stereocenters. The molecule has 3 N–H and O–H groups in total. The summed E-state index contributed by atoms with van der Waals surface area (Å²) in [5.41, 5.74) is 5.23. The molecule has 0 fully saturated rings. The molecule has 0 aliphatic carbocycles. The lowest BCUT2D eigenvalue weighted by Crippen LogP contribution is -2.29. The molecule has 0 aromatic rings. The standard InChI is InChI=1S/C8H15NO3.CH2O/c1-2-6(10)4-3-5-7(9)8(11)12;1-2/h7H,2-5,9H2,1H3,(H,11,12);1H2. The van der Waals surface area contributed by atoms with E-state index in [0.29, 0.717) is 25.7 Å². The zero-order chi connectivity index (χ0) is 11.6. The molecular formula is C9H17NO4. The van der Waals surface area contributed by atoms with Gasteiger partial charge in [0.05, 0.1) is 0 Å². The van der Waals surface area contributed by atoms with Crippen LogP contribution in [-0.4, -0.2) is 29.7 Å². The number of rotatable bonds is 6. The Labute approximate surface area is 83.3 Å². The van der Waals surface area contributed by atoms with Crippen molar-refractivity contribution in [2.75, 3.05) is 0 Å². The van der Waals surface area contributed by atoms with E-state index in [0.717, 1.165) is 0 Å². The topological polar surface area (TPSA) is 97.5 Å². The molecule has 0 aromatic carbocycles. The van der Waals surface area contributed by atoms with Gasteiger partial charge in [0.15, 0.2) is 0 Å². The van der Waals surface area contributed by atoms with E-state index in [4.69, 9.17) is 15.6 Å². The Morgan fingerprint density at radius 2 is 1.93 bits per heavy atom. The van der Waals surface area contributed by atoms with Gasteiger partial charge in [-0.25, -0.2) is 0 Å². The molecule has 0 aliphatic heterocycles. The third-order valence-corrected chi connectivity index (χ3v) is 1.68. The maximum atomic E-state index is 10.8. The molecule has 0 rings (SSSR count). The van der Waals surface area contributed by atoms with Gasteiger partial charge in [0.25, 0.3) is 0 Å². The summed E-state index contributed by atoms with van der Waals surface area (Å²) in [4.78, 5) is 29.0. The summed E-state index contributed by atoms with van der Waals surface area (Å²) in [7, 11) is 0. The highest BCUT2D eigenvalue weighted by Crippen LogP contribution is 2.01. The van der Waals surface area contributed by atoms with Crippen LogP contribution >= 0.6 is 0 Å². The number of aliphatic carboxylic acids is 1. The van der Waals surface area contributed by atoms with Crippen molar-refractivity contribution in [1.29, 1.82) is 0 Å². The van der Waals surface area contributed by atoms with Crippen LogP contribution in [0.1, 0.15) is 32.6 Å². The Bertz CT molecular complexity index is 182. The van der Waals surface area contributed by atoms with Crippen LogP contribution in [0.3, 0.4) is 0 Å². The quantitative estimate of drug-likeness (QED) is 0.649. The monoisotopic (exact) mass is 203 g/mol. The van der Waals surface area contributed by atoms with Gasteiger partial charge in [-0.05, 0) is 12.8 Å². The van der Waals surface area contributed by atoms with Crippen molar-refractivity contribution in [3.8, 4) is 0 Å². The first kappa shape index (κ1) is 15.3. The Kier molecular flexibility index (Phi) is 10.7. The molecule has 0 saturated carbocycles. The molecule has 0 spiro atoms. The Hall–Kier alpha value is -1.23. The van der Waals surface area contributed by atoms with Gasteiger partial charge < -0.3 is 15.6 Å². The second-order valence-corrected chi connectivity index (χ2v) is 2.73. The van der Waals surface area contributed by atoms with Crippen LogP contribution in [0.25, 0.3) is 0 Å². The number of carbonyl (C=O) groups excluding carboxylic acids is 2. The highest BCUT2D eigenvalue weighted by atomic mass is 16.4. The summed E-state index contributed by atoms with van der Waals surface area (Å²) < 4.78 is 0. The van der Waals surface area contributed by atoms with E-state index in [1.54, 1.807) is 6.92 Å². The molecule has 0 aliphatic rings. The molecule has 5 nitrogen and oxygen atoms in total. The van der Waals surface area contributed by atoms with Crippen LogP contribution < -0.4 is 5.73 Å². The third kappa shape index (κ3) is 8.86. The molecule has 0 heterocycles. The number of carboxylic acids is 1. The van der Waals surface area contributed by atoms with Gasteiger partial charge in [-0.1, -0.05) is 6.92 Å². The van der Waals surface area contributed by atoms with Crippen LogP contribution in [0.2, 0.25) is 0 Å². The van der Waals surface area contributed by atoms with Crippen molar-refractivity contribution in [2.24, 2.45) is 5.73 Å². The van der Waals surface area contributed by atoms with E-state index in [9.17, 15) is 9.59 Å². The fourth-order valence-corrected chi connectivity index (χ4v) is 0.819. The van der Waals surface area contributed by atoms with E-state index in [1.807, 2.05) is 6.79 Å². The van der Waals surface area contributed by atoms with Gasteiger partial charge in [0.1, 0.15) is 18.6 Å². The van der Waals surface area contributed by atoms with E-state index in [-0.39, 0.29) is 5.78 Å². The van der Waals surface area contributed by atoms with Crippen LogP contribution in [0.15, 0.2) is 0 Å². The van der Waals surface area contributed by atoms with Crippen molar-refractivity contribution in [1.82, 2.24) is 0 Å². The minimum atomic E-state index is -1.00. The average molecular weight is 203 g/mol. The largest absolute Gasteiger partial charge is 0.480 e. The molecular weight excluding hydrogens is 186 g/mol. The summed E-state index contributed by atoms with van der Waals surface area (Å²) >= 11 is 0. The number of nitrogens with two attached hydrogens (primary N) is 1. The molecule has 14 heavy (non-hydrogen) atoms. The van der Waals surface area contributed by atoms with Crippen LogP contribution in [0.4, 0.5) is 0 Å². The van der Waals surface area contributed by atoms with E-state index < -0.39 is 12.0 Å². The fraction of sp³-hybridized carbons (Fsp3) is 0.667. The van der Waals surface area contributed by atoms with E-state index in [2.05, 4.69) is 0 Å². The molecule has 5 heteroatoms. The van der Waals surface area contributed by atoms with Crippen LogP contribution in [-0.2, 0) is 14.4 Å². The van der Waals surface area contributed by atoms with Crippen LogP contribution in [0, 0.1) is 0 Å². The summed E-state index contributed by atoms with van der Waals surface area (Å²) in [6.45, 7) is 3.79. The van der Waals surface area contributed by atoms with E-state index >= 15 is 0 Å². The van der Waals surface area contributed by atoms with Gasteiger partial charge in [0.2, 0.25) is 0 Å². The molecule has 0 aromatic heterocycles. The summed E-state index contributed by atoms with van der Waals surface area (Å²) in [6.07, 6.45) is 1.90. The molecule has 82 valence electrons. The normalized spacial score (nSPS) is 11.0. The molecule has 1 unspecified atom stereocenters. The molecule has 0 saturated heterocycles. The maximum Gasteiger partial charge on any atom is 0.320 e. The predicted molar refractivity (Wildman–Crippen MR) is 51.9 cm³/mol. The summed E-state index contributed by atoms with van der Waals surface area (Å²) in [5, 5.41) is 8.39. The first-order valence-corrected chi connectivity index (χ1v) is 4.37. The summed E-state index contributed by atoms with van der Waals surface area (Å²) in [6, 6.07) is -0.824. The molecule has 0 radical (unpaired) electrons. The first-order chi connectivity index (χ1) is 6.57. The third-order valence-electron chi connectivity index (χ3n) is 1.68. The second-order valence-electron chi connectivity index (χ2n) is 2.73. The zero-order valence-electron chi connectivity index (χ0n) is 8.36. The molecule has 0 bridgehead atoms. The van der Waals surface area contributed by atoms with E-state index in [1.165, 1.54) is 0 Å². The predicted octanol–water partition coefficient (Wildman–Crippen LogP) is 0.363. The Morgan fingerprint density at radius 3 is 2.29 bits per heavy atom. The van der Waals surface area contributed by atoms with Crippen molar-refractivity contribution >= 4 is 18.5 Å². The van der Waals surface area contributed by atoms with Crippen molar-refractivity contribution < 1.29 is 19.5 Å². The lowest BCUT2D eigenvalue weighted by Gasteiger charge is -2.04. The van der Waals surface area contributed by atoms with Gasteiger partial charge in [-0.2, -0.15) is 0 Å². The van der Waals surface area contributed by atoms with Crippen LogP contribution in [0.5, 0.6) is 0 Å². The van der Waals surface area contributed by atoms with Crippen molar-refractivity contribution in [3.05, 3.63) is 0 Å². The number of carbonyl (C=O) groups is 3. The van der Waals surface area contributed by atoms with Gasteiger partial charge in [-0.3, -0.25) is 9.59 Å². The molecule has 0 amide bonds. The first-order valence-electron chi connectivity index (χ1n) is 4.37. The number of hydrogen-bond donors (Lipinski definition) is 2. The number of ketones is 1. The highest BCUT2D eigenvalue weighted by molar-refractivity contribution is 5.78. The van der Waals surface area contributed by atoms with Gasteiger partial charge >= 0.3 is 5.97 Å². The van der Waals surface area contributed by atoms with Gasteiger partial charge in [-0.15, -0.1) is 0 Å². The summed E-state index contributed by atoms with van der Waals surface area (Å²) in [5.74, 6) is -0.841. The van der Waals surface area contributed by atoms with Gasteiger partial charge in [0, 0.05) is 12.8 Å². The smallest absolute Gasteiger partial charge is 0.320 e. The minimum Gasteiger partial charge on any atom is -0.480 e. The van der Waals surface area contributed by atoms with Crippen molar-refractivity contribution in [2.45, 2.75) is 38.6 Å². The minimum absolute atomic E-state index is 0.160. The number of carboxylic acid groups (broad SMARTS) is 1. The number of hydrogen-bond acceptors (Lipinski definition) is 4. The van der Waals surface area contributed by atoms with Crippen molar-refractivity contribution in [3.63, 3.8) is 0 Å². The zero-order valence-corrected chi connectivity index (χ0v) is 8.36. The highest BCUT2D eigenvalue weighted by Gasteiger charge is 2.10. The SMILES string of the molecule is C=O.CCC(=O)CCCC(N)C(=O)O. The Morgan fingerprint density at radius 1 is 1.43 bits per heavy atom. The Balaban J connectivity index is 0. The maximum absolute atomic E-state index is 10.8. The lowest BCUT2D eigenvalue weighted by atomic mass is 10.1.